The molecule has 0 saturated carbocycles. The number of nitrogens with zero attached hydrogens (tertiary/aromatic N) is 3. The van der Waals surface area contributed by atoms with E-state index in [1.54, 1.807) is 18.2 Å². The van der Waals surface area contributed by atoms with Crippen LogP contribution in [0.2, 0.25) is 0 Å². The van der Waals surface area contributed by atoms with Crippen molar-refractivity contribution < 1.29 is 50.9 Å². The molecule has 1 amide bonds. The number of carbonyl (C=O) groups excluding carboxylic acids is 1. The third-order valence-corrected chi connectivity index (χ3v) is 6.03. The van der Waals surface area contributed by atoms with Gasteiger partial charge in [-0.3, -0.25) is 14.6 Å². The van der Waals surface area contributed by atoms with Gasteiger partial charge in [-0.15, -0.1) is 0 Å². The Balaban J connectivity index is 0.000000644. The third-order valence-electron chi connectivity index (χ3n) is 6.03. The molecule has 18 heteroatoms. The molecule has 0 fully saturated rings. The van der Waals surface area contributed by atoms with E-state index in [0.29, 0.717) is 32.7 Å². The van der Waals surface area contributed by atoms with Crippen LogP contribution in [0.5, 0.6) is 23.0 Å². The Labute approximate surface area is 258 Å². The molecule has 0 radical (unpaired) electrons. The van der Waals surface area contributed by atoms with Crippen molar-refractivity contribution in [3.05, 3.63) is 105 Å². The standard InChI is InChI=1S/C27H19F2N5O6.C2HF3O2/c1-38-22-12-17-19(13-23(22)39-2)30-10-9-20(17)40-21-8-5-15(11-18(21)29)31-25(35)24-26(36)34(27(37)33-32-24)16-6-3-14(28)4-7-16;3-2(4,5)1(6)7/h3-13H,1-2H3,(H,31,35)(H,33,37);(H,6,7). The number of rotatable bonds is 7. The Morgan fingerprint density at radius 3 is 2.13 bits per heavy atom. The van der Waals surface area contributed by atoms with E-state index in [0.717, 1.165) is 18.2 Å². The molecular weight excluding hydrogens is 641 g/mol. The van der Waals surface area contributed by atoms with Gasteiger partial charge < -0.3 is 24.6 Å². The second-order valence-corrected chi connectivity index (χ2v) is 9.03. The number of pyridine rings is 1. The first kappa shape index (κ1) is 33.6. The average molecular weight is 661 g/mol. The molecule has 0 bridgehead atoms. The van der Waals surface area contributed by atoms with Crippen LogP contribution in [-0.2, 0) is 4.79 Å². The fourth-order valence-electron chi connectivity index (χ4n) is 3.88. The van der Waals surface area contributed by atoms with Gasteiger partial charge in [0.2, 0.25) is 5.69 Å². The number of nitrogens with one attached hydrogen (secondary N) is 2. The monoisotopic (exact) mass is 661 g/mol. The number of aliphatic carboxylic acids is 1. The van der Waals surface area contributed by atoms with E-state index in [9.17, 15) is 31.9 Å². The fourth-order valence-corrected chi connectivity index (χ4v) is 3.88. The lowest BCUT2D eigenvalue weighted by Gasteiger charge is -2.13. The summed E-state index contributed by atoms with van der Waals surface area (Å²) in [5.41, 5.74) is -2.11. The van der Waals surface area contributed by atoms with Crippen LogP contribution >= 0.6 is 0 Å². The molecule has 0 atom stereocenters. The Kier molecular flexibility index (Phi) is 9.82. The number of methoxy groups -OCH3 is 2. The first-order valence-electron chi connectivity index (χ1n) is 12.8. The molecule has 244 valence electrons. The lowest BCUT2D eigenvalue weighted by Crippen LogP contribution is -2.39. The van der Waals surface area contributed by atoms with E-state index >= 15 is 4.39 Å². The topological polar surface area (TPSA) is 175 Å². The number of alkyl halides is 3. The summed E-state index contributed by atoms with van der Waals surface area (Å²) in [5.74, 6) is -4.12. The van der Waals surface area contributed by atoms with Crippen LogP contribution in [0.4, 0.5) is 27.6 Å². The molecule has 2 heterocycles. The zero-order chi connectivity index (χ0) is 34.5. The van der Waals surface area contributed by atoms with Crippen molar-refractivity contribution in [1.29, 1.82) is 0 Å². The second-order valence-electron chi connectivity index (χ2n) is 9.03. The Hall–Kier alpha value is -6.33. The molecule has 0 unspecified atom stereocenters. The molecule has 5 aromatic rings. The van der Waals surface area contributed by atoms with Gasteiger partial charge in [-0.05, 0) is 48.5 Å². The molecular formula is C29H20F5N5O8. The van der Waals surface area contributed by atoms with Crippen molar-refractivity contribution >= 4 is 28.5 Å². The number of aromatic nitrogens is 4. The lowest BCUT2D eigenvalue weighted by atomic mass is 10.2. The zero-order valence-electron chi connectivity index (χ0n) is 23.9. The van der Waals surface area contributed by atoms with Crippen LogP contribution in [0, 0.1) is 11.6 Å². The normalized spacial score (nSPS) is 10.9. The molecule has 0 spiro atoms. The van der Waals surface area contributed by atoms with Gasteiger partial charge in [0.05, 0.1) is 25.4 Å². The third kappa shape index (κ3) is 7.67. The van der Waals surface area contributed by atoms with E-state index in [1.807, 2.05) is 0 Å². The van der Waals surface area contributed by atoms with Gasteiger partial charge in [0.25, 0.3) is 11.5 Å². The van der Waals surface area contributed by atoms with Gasteiger partial charge in [0.1, 0.15) is 11.6 Å². The van der Waals surface area contributed by atoms with E-state index in [2.05, 4.69) is 20.5 Å². The smallest absolute Gasteiger partial charge is 0.490 e. The number of anilines is 1. The highest BCUT2D eigenvalue weighted by molar-refractivity contribution is 6.02. The molecule has 13 nitrogen and oxygen atoms in total. The summed E-state index contributed by atoms with van der Waals surface area (Å²) < 4.78 is 77.0. The number of H-pyrrole nitrogens is 1. The van der Waals surface area contributed by atoms with E-state index in [4.69, 9.17) is 24.1 Å². The van der Waals surface area contributed by atoms with Crippen LogP contribution in [0.1, 0.15) is 10.5 Å². The van der Waals surface area contributed by atoms with E-state index in [-0.39, 0.29) is 17.1 Å². The van der Waals surface area contributed by atoms with Gasteiger partial charge in [-0.25, -0.2) is 28.0 Å². The predicted molar refractivity (Wildman–Crippen MR) is 153 cm³/mol. The number of amides is 1. The SMILES string of the molecule is COc1cc2nccc(Oc3ccc(NC(=O)c4n[nH]c(=O)n(-c5ccc(F)cc5)c4=O)cc3F)c2cc1OC.O=C(O)C(F)(F)F. The van der Waals surface area contributed by atoms with Gasteiger partial charge in [-0.2, -0.15) is 18.3 Å². The summed E-state index contributed by atoms with van der Waals surface area (Å²) in [7, 11) is 2.97. The minimum Gasteiger partial charge on any atom is -0.493 e. The van der Waals surface area contributed by atoms with E-state index < -0.39 is 46.6 Å². The Bertz CT molecular complexity index is 2080. The maximum absolute atomic E-state index is 15.0. The number of carboxylic acids is 1. The number of hydrogen-bond acceptors (Lipinski definition) is 9. The first-order valence-corrected chi connectivity index (χ1v) is 12.8. The quantitative estimate of drug-likeness (QED) is 0.212. The number of carbonyl (C=O) groups is 2. The number of aromatic amines is 1. The van der Waals surface area contributed by atoms with Crippen molar-refractivity contribution in [3.63, 3.8) is 0 Å². The molecule has 0 saturated heterocycles. The molecule has 0 aliphatic heterocycles. The highest BCUT2D eigenvalue weighted by Gasteiger charge is 2.38. The van der Waals surface area contributed by atoms with Crippen molar-refractivity contribution in [2.24, 2.45) is 0 Å². The summed E-state index contributed by atoms with van der Waals surface area (Å²) >= 11 is 0. The van der Waals surface area contributed by atoms with Crippen LogP contribution in [-0.4, -0.2) is 57.1 Å². The maximum Gasteiger partial charge on any atom is 0.490 e. The minimum absolute atomic E-state index is 0.0124. The Morgan fingerprint density at radius 1 is 0.894 bits per heavy atom. The molecule has 2 aromatic heterocycles. The first-order chi connectivity index (χ1) is 22.2. The van der Waals surface area contributed by atoms with Crippen molar-refractivity contribution in [3.8, 4) is 28.7 Å². The van der Waals surface area contributed by atoms with Crippen LogP contribution in [0.25, 0.3) is 16.6 Å². The highest BCUT2D eigenvalue weighted by Crippen LogP contribution is 2.37. The number of ether oxygens (including phenoxy) is 3. The van der Waals surface area contributed by atoms with Crippen LogP contribution < -0.4 is 30.8 Å². The minimum atomic E-state index is -5.08. The summed E-state index contributed by atoms with van der Waals surface area (Å²) in [6.07, 6.45) is -3.59. The summed E-state index contributed by atoms with van der Waals surface area (Å²) in [6, 6.07) is 13.0. The lowest BCUT2D eigenvalue weighted by molar-refractivity contribution is -0.192. The van der Waals surface area contributed by atoms with E-state index in [1.165, 1.54) is 44.7 Å². The largest absolute Gasteiger partial charge is 0.493 e. The number of fused-ring (bicyclic) bond motifs is 1. The Morgan fingerprint density at radius 2 is 1.53 bits per heavy atom. The fraction of sp³-hybridized carbons (Fsp3) is 0.103. The molecule has 0 aliphatic rings. The molecule has 0 aliphatic carbocycles. The van der Waals surface area contributed by atoms with Crippen molar-refractivity contribution in [2.75, 3.05) is 19.5 Å². The number of benzene rings is 3. The number of carboxylic acid groups (broad SMARTS) is 1. The summed E-state index contributed by atoms with van der Waals surface area (Å²) in [6.45, 7) is 0. The van der Waals surface area contributed by atoms with Gasteiger partial charge in [0.15, 0.2) is 23.1 Å². The van der Waals surface area contributed by atoms with Crippen LogP contribution in [0.15, 0.2) is 76.4 Å². The summed E-state index contributed by atoms with van der Waals surface area (Å²) in [5, 5.41) is 15.6. The maximum atomic E-state index is 15.0. The molecule has 5 rings (SSSR count). The molecule has 3 aromatic carbocycles. The number of hydrogen-bond donors (Lipinski definition) is 3. The van der Waals surface area contributed by atoms with Gasteiger partial charge in [0, 0.05) is 29.4 Å². The van der Waals surface area contributed by atoms with Crippen molar-refractivity contribution in [2.45, 2.75) is 6.18 Å². The zero-order valence-corrected chi connectivity index (χ0v) is 23.9. The molecule has 3 N–H and O–H groups in total. The van der Waals surface area contributed by atoms with Crippen molar-refractivity contribution in [1.82, 2.24) is 19.7 Å². The number of halogens is 5. The van der Waals surface area contributed by atoms with Gasteiger partial charge in [-0.1, -0.05) is 0 Å². The highest BCUT2D eigenvalue weighted by atomic mass is 19.4. The second kappa shape index (κ2) is 13.8. The van der Waals surface area contributed by atoms with Crippen LogP contribution in [0.3, 0.4) is 0 Å². The average Bonchev–Trinajstić information content (AvgIpc) is 3.02. The predicted octanol–water partition coefficient (Wildman–Crippen LogP) is 4.44. The summed E-state index contributed by atoms with van der Waals surface area (Å²) in [4.78, 5) is 51.0. The molecule has 47 heavy (non-hydrogen) atoms. The van der Waals surface area contributed by atoms with Gasteiger partial charge >= 0.3 is 17.8 Å².